The molecule has 0 aliphatic rings. The van der Waals surface area contributed by atoms with Crippen LogP contribution < -0.4 is 10.2 Å². The van der Waals surface area contributed by atoms with Crippen molar-refractivity contribution >= 4 is 17.4 Å². The largest absolute Gasteiger partial charge is 0.326 e. The molecule has 0 aliphatic heterocycles. The zero-order chi connectivity index (χ0) is 16.8. The first-order chi connectivity index (χ1) is 10.9. The van der Waals surface area contributed by atoms with E-state index in [1.165, 1.54) is 19.1 Å². The molecule has 0 radical (unpaired) electrons. The molecular formula is C18H20FN2O2+. The molecule has 4 nitrogen and oxygen atoms in total. The van der Waals surface area contributed by atoms with Crippen LogP contribution in [0.25, 0.3) is 0 Å². The molecule has 0 saturated heterocycles. The van der Waals surface area contributed by atoms with Gasteiger partial charge < -0.3 is 10.2 Å². The highest BCUT2D eigenvalue weighted by atomic mass is 19.1. The summed E-state index contributed by atoms with van der Waals surface area (Å²) in [7, 11) is 1.90. The van der Waals surface area contributed by atoms with Crippen LogP contribution in [0.5, 0.6) is 0 Å². The first-order valence-electron chi connectivity index (χ1n) is 7.40. The molecule has 2 aromatic carbocycles. The lowest BCUT2D eigenvalue weighted by molar-refractivity contribution is -0.885. The summed E-state index contributed by atoms with van der Waals surface area (Å²) < 4.78 is 12.9. The number of rotatable bonds is 6. The number of nitrogens with one attached hydrogen (secondary N) is 2. The van der Waals surface area contributed by atoms with E-state index in [0.29, 0.717) is 24.3 Å². The van der Waals surface area contributed by atoms with Gasteiger partial charge in [0, 0.05) is 16.8 Å². The number of halogens is 1. The summed E-state index contributed by atoms with van der Waals surface area (Å²) in [6, 6.07) is 13.1. The van der Waals surface area contributed by atoms with Gasteiger partial charge in [-0.25, -0.2) is 4.39 Å². The standard InChI is InChI=1S/C18H19FN2O2/c1-13(22)15-5-9-17(10-6-15)20-18(23)12-21(2)11-14-3-7-16(19)8-4-14/h3-10H,11-12H2,1-2H3,(H,20,23)/p+1. The number of Topliss-reactive ketones (excluding diaryl/α,β-unsaturated/α-hetero) is 1. The average Bonchev–Trinajstić information content (AvgIpc) is 2.50. The van der Waals surface area contributed by atoms with Crippen molar-refractivity contribution in [1.29, 1.82) is 0 Å². The van der Waals surface area contributed by atoms with Crippen LogP contribution >= 0.6 is 0 Å². The Balaban J connectivity index is 1.86. The van der Waals surface area contributed by atoms with E-state index in [9.17, 15) is 14.0 Å². The highest BCUT2D eigenvalue weighted by Crippen LogP contribution is 2.09. The van der Waals surface area contributed by atoms with Crippen molar-refractivity contribution < 1.29 is 18.9 Å². The van der Waals surface area contributed by atoms with Crippen molar-refractivity contribution in [2.24, 2.45) is 0 Å². The Morgan fingerprint density at radius 1 is 1.04 bits per heavy atom. The molecular weight excluding hydrogens is 295 g/mol. The number of ketones is 1. The number of benzene rings is 2. The minimum absolute atomic E-state index is 0.00801. The summed E-state index contributed by atoms with van der Waals surface area (Å²) in [4.78, 5) is 24.2. The summed E-state index contributed by atoms with van der Waals surface area (Å²) in [5, 5.41) is 2.80. The highest BCUT2D eigenvalue weighted by Gasteiger charge is 2.11. The minimum Gasteiger partial charge on any atom is -0.326 e. The van der Waals surface area contributed by atoms with Gasteiger partial charge in [0.15, 0.2) is 12.3 Å². The number of amides is 1. The van der Waals surface area contributed by atoms with Gasteiger partial charge in [-0.15, -0.1) is 0 Å². The molecule has 0 aromatic heterocycles. The van der Waals surface area contributed by atoms with Crippen molar-refractivity contribution in [3.63, 3.8) is 0 Å². The van der Waals surface area contributed by atoms with Crippen molar-refractivity contribution in [3.8, 4) is 0 Å². The molecule has 120 valence electrons. The van der Waals surface area contributed by atoms with Crippen LogP contribution in [-0.2, 0) is 11.3 Å². The number of hydrogen-bond acceptors (Lipinski definition) is 2. The quantitative estimate of drug-likeness (QED) is 0.797. The third kappa shape index (κ3) is 5.30. The normalized spacial score (nSPS) is 11.8. The molecule has 2 N–H and O–H groups in total. The van der Waals surface area contributed by atoms with Gasteiger partial charge in [-0.05, 0) is 43.3 Å². The molecule has 5 heteroatoms. The van der Waals surface area contributed by atoms with Crippen LogP contribution in [0, 0.1) is 5.82 Å². The minimum atomic E-state index is -0.266. The number of anilines is 1. The van der Waals surface area contributed by atoms with Crippen molar-refractivity contribution in [3.05, 3.63) is 65.5 Å². The molecule has 0 saturated carbocycles. The highest BCUT2D eigenvalue weighted by molar-refractivity contribution is 5.95. The molecule has 1 unspecified atom stereocenters. The van der Waals surface area contributed by atoms with E-state index in [1.54, 1.807) is 36.4 Å². The predicted molar refractivity (Wildman–Crippen MR) is 86.9 cm³/mol. The fourth-order valence-corrected chi connectivity index (χ4v) is 2.28. The Labute approximate surface area is 134 Å². The second kappa shape index (κ2) is 7.65. The molecule has 0 fully saturated rings. The zero-order valence-corrected chi connectivity index (χ0v) is 13.2. The van der Waals surface area contributed by atoms with Gasteiger partial charge in [-0.3, -0.25) is 9.59 Å². The van der Waals surface area contributed by atoms with E-state index in [2.05, 4.69) is 5.32 Å². The van der Waals surface area contributed by atoms with Crippen molar-refractivity contribution in [1.82, 2.24) is 0 Å². The Bertz CT molecular complexity index is 681. The summed E-state index contributed by atoms with van der Waals surface area (Å²) in [5.41, 5.74) is 2.25. The van der Waals surface area contributed by atoms with Gasteiger partial charge >= 0.3 is 0 Å². The molecule has 0 spiro atoms. The maximum absolute atomic E-state index is 12.9. The van der Waals surface area contributed by atoms with Crippen LogP contribution in [0.1, 0.15) is 22.8 Å². The Morgan fingerprint density at radius 2 is 1.65 bits per heavy atom. The molecule has 0 heterocycles. The molecule has 2 aromatic rings. The van der Waals surface area contributed by atoms with Gasteiger partial charge in [0.05, 0.1) is 7.05 Å². The van der Waals surface area contributed by atoms with Gasteiger partial charge in [-0.2, -0.15) is 0 Å². The van der Waals surface area contributed by atoms with Crippen LogP contribution in [0.15, 0.2) is 48.5 Å². The maximum Gasteiger partial charge on any atom is 0.279 e. The maximum atomic E-state index is 12.9. The van der Waals surface area contributed by atoms with Crippen molar-refractivity contribution in [2.45, 2.75) is 13.5 Å². The van der Waals surface area contributed by atoms with E-state index in [-0.39, 0.29) is 17.5 Å². The Hall–Kier alpha value is -2.53. The average molecular weight is 315 g/mol. The molecule has 0 aliphatic carbocycles. The lowest BCUT2D eigenvalue weighted by atomic mass is 10.1. The van der Waals surface area contributed by atoms with Crippen LogP contribution in [0.2, 0.25) is 0 Å². The molecule has 2 rings (SSSR count). The molecule has 1 atom stereocenters. The van der Waals surface area contributed by atoms with Crippen molar-refractivity contribution in [2.75, 3.05) is 18.9 Å². The molecule has 1 amide bonds. The van der Waals surface area contributed by atoms with Gasteiger partial charge in [0.2, 0.25) is 0 Å². The second-order valence-electron chi connectivity index (χ2n) is 5.62. The number of carbonyl (C=O) groups is 2. The van der Waals surface area contributed by atoms with Crippen LogP contribution in [0.3, 0.4) is 0 Å². The van der Waals surface area contributed by atoms with E-state index in [4.69, 9.17) is 0 Å². The lowest BCUT2D eigenvalue weighted by Crippen LogP contribution is -3.08. The predicted octanol–water partition coefficient (Wildman–Crippen LogP) is 1.68. The third-order valence-electron chi connectivity index (χ3n) is 3.46. The number of quaternary nitrogens is 1. The number of carbonyl (C=O) groups excluding carboxylic acids is 2. The Kier molecular flexibility index (Phi) is 5.60. The molecule has 0 bridgehead atoms. The smallest absolute Gasteiger partial charge is 0.279 e. The fraction of sp³-hybridized carbons (Fsp3) is 0.222. The topological polar surface area (TPSA) is 50.6 Å². The van der Waals surface area contributed by atoms with Crippen LogP contribution in [-0.4, -0.2) is 25.3 Å². The first kappa shape index (κ1) is 16.8. The lowest BCUT2D eigenvalue weighted by Gasteiger charge is -2.14. The molecule has 23 heavy (non-hydrogen) atoms. The van der Waals surface area contributed by atoms with E-state index >= 15 is 0 Å². The third-order valence-corrected chi connectivity index (χ3v) is 3.46. The fourth-order valence-electron chi connectivity index (χ4n) is 2.28. The summed E-state index contributed by atoms with van der Waals surface area (Å²) in [6.45, 7) is 2.43. The van der Waals surface area contributed by atoms with Gasteiger partial charge in [0.25, 0.3) is 5.91 Å². The van der Waals surface area contributed by atoms with E-state index < -0.39 is 0 Å². The number of hydrogen-bond donors (Lipinski definition) is 2. The van der Waals surface area contributed by atoms with Gasteiger partial charge in [-0.1, -0.05) is 12.1 Å². The Morgan fingerprint density at radius 3 is 2.22 bits per heavy atom. The summed E-state index contributed by atoms with van der Waals surface area (Å²) in [6.07, 6.45) is 0. The van der Waals surface area contributed by atoms with Gasteiger partial charge in [0.1, 0.15) is 12.4 Å². The summed E-state index contributed by atoms with van der Waals surface area (Å²) >= 11 is 0. The first-order valence-corrected chi connectivity index (χ1v) is 7.40. The van der Waals surface area contributed by atoms with Crippen LogP contribution in [0.4, 0.5) is 10.1 Å². The second-order valence-corrected chi connectivity index (χ2v) is 5.62. The number of likely N-dealkylation sites (N-methyl/N-ethyl adjacent to an activating group) is 1. The summed E-state index contributed by atoms with van der Waals surface area (Å²) in [5.74, 6) is -0.385. The zero-order valence-electron chi connectivity index (χ0n) is 13.2. The van der Waals surface area contributed by atoms with E-state index in [1.807, 2.05) is 7.05 Å². The monoisotopic (exact) mass is 315 g/mol. The SMILES string of the molecule is CC(=O)c1ccc(NC(=O)C[NH+](C)Cc2ccc(F)cc2)cc1. The van der Waals surface area contributed by atoms with E-state index in [0.717, 1.165) is 10.5 Å².